The Morgan fingerprint density at radius 3 is 2.37 bits per heavy atom. The first kappa shape index (κ1) is 23.3. The molecular formula is C24H31NO5. The summed E-state index contributed by atoms with van der Waals surface area (Å²) in [6.07, 6.45) is 3.59. The summed E-state index contributed by atoms with van der Waals surface area (Å²) in [6, 6.07) is 13.9. The first-order valence-electron chi connectivity index (χ1n) is 10.5. The van der Waals surface area contributed by atoms with Crippen molar-refractivity contribution in [2.45, 2.75) is 52.6 Å². The molecule has 1 atom stereocenters. The topological polar surface area (TPSA) is 73.9 Å². The summed E-state index contributed by atoms with van der Waals surface area (Å²) < 4.78 is 16.5. The molecule has 162 valence electrons. The molecule has 0 aliphatic carbocycles. The Morgan fingerprint density at radius 2 is 1.67 bits per heavy atom. The highest BCUT2D eigenvalue weighted by atomic mass is 16.5. The van der Waals surface area contributed by atoms with E-state index in [0.29, 0.717) is 36.0 Å². The van der Waals surface area contributed by atoms with E-state index in [0.717, 1.165) is 12.8 Å². The lowest BCUT2D eigenvalue weighted by Crippen LogP contribution is -2.30. The van der Waals surface area contributed by atoms with Crippen molar-refractivity contribution >= 4 is 17.6 Å². The summed E-state index contributed by atoms with van der Waals surface area (Å²) in [4.78, 5) is 24.8. The van der Waals surface area contributed by atoms with Crippen molar-refractivity contribution in [3.05, 3.63) is 54.1 Å². The molecule has 2 aromatic rings. The molecule has 0 saturated carbocycles. The number of rotatable bonds is 12. The van der Waals surface area contributed by atoms with Crippen LogP contribution in [0.2, 0.25) is 0 Å². The molecule has 0 heterocycles. The summed E-state index contributed by atoms with van der Waals surface area (Å²) in [5.74, 6) is 0.284. The summed E-state index contributed by atoms with van der Waals surface area (Å²) in [5, 5.41) is 2.74. The third-order valence-corrected chi connectivity index (χ3v) is 4.45. The highest BCUT2D eigenvalue weighted by Crippen LogP contribution is 2.24. The predicted octanol–water partition coefficient (Wildman–Crippen LogP) is 5.23. The summed E-state index contributed by atoms with van der Waals surface area (Å²) in [5.41, 5.74) is 0.899. The summed E-state index contributed by atoms with van der Waals surface area (Å²) in [7, 11) is 0. The molecule has 6 heteroatoms. The van der Waals surface area contributed by atoms with Gasteiger partial charge in [0.1, 0.15) is 11.5 Å². The van der Waals surface area contributed by atoms with E-state index < -0.39 is 18.0 Å². The van der Waals surface area contributed by atoms with Crippen LogP contribution in [0.1, 0.15) is 56.8 Å². The van der Waals surface area contributed by atoms with Crippen molar-refractivity contribution in [2.24, 2.45) is 0 Å². The van der Waals surface area contributed by atoms with E-state index in [4.69, 9.17) is 14.2 Å². The normalized spacial score (nSPS) is 11.4. The molecule has 0 fully saturated rings. The van der Waals surface area contributed by atoms with Gasteiger partial charge in [0.25, 0.3) is 5.91 Å². The second-order valence-corrected chi connectivity index (χ2v) is 6.90. The van der Waals surface area contributed by atoms with Gasteiger partial charge in [-0.05, 0) is 56.7 Å². The minimum absolute atomic E-state index is 0.364. The number of anilines is 1. The zero-order valence-electron chi connectivity index (χ0n) is 18.0. The van der Waals surface area contributed by atoms with Gasteiger partial charge >= 0.3 is 5.97 Å². The van der Waals surface area contributed by atoms with Crippen LogP contribution >= 0.6 is 0 Å². The third kappa shape index (κ3) is 7.43. The Kier molecular flexibility index (Phi) is 9.71. The molecule has 0 saturated heterocycles. The first-order valence-corrected chi connectivity index (χ1v) is 10.5. The van der Waals surface area contributed by atoms with E-state index in [-0.39, 0.29) is 0 Å². The van der Waals surface area contributed by atoms with E-state index in [1.807, 2.05) is 13.0 Å². The van der Waals surface area contributed by atoms with Crippen molar-refractivity contribution in [1.82, 2.24) is 0 Å². The fourth-order valence-corrected chi connectivity index (χ4v) is 2.77. The van der Waals surface area contributed by atoms with Gasteiger partial charge in [-0.3, -0.25) is 4.79 Å². The Hall–Kier alpha value is -3.02. The quantitative estimate of drug-likeness (QED) is 0.381. The minimum Gasteiger partial charge on any atom is -0.494 e. The second kappa shape index (κ2) is 12.5. The van der Waals surface area contributed by atoms with Crippen molar-refractivity contribution in [3.63, 3.8) is 0 Å². The molecule has 0 unspecified atom stereocenters. The number of benzene rings is 2. The van der Waals surface area contributed by atoms with Crippen LogP contribution in [0.15, 0.2) is 48.5 Å². The van der Waals surface area contributed by atoms with Crippen LogP contribution in [-0.2, 0) is 9.53 Å². The Labute approximate surface area is 178 Å². The number of para-hydroxylation sites is 2. The number of nitrogens with one attached hydrogen (secondary N) is 1. The Morgan fingerprint density at radius 1 is 0.933 bits per heavy atom. The maximum atomic E-state index is 12.4. The number of ether oxygens (including phenoxy) is 3. The fraction of sp³-hybridized carbons (Fsp3) is 0.417. The third-order valence-electron chi connectivity index (χ3n) is 4.45. The second-order valence-electron chi connectivity index (χ2n) is 6.90. The summed E-state index contributed by atoms with van der Waals surface area (Å²) in [6.45, 7) is 6.71. The van der Waals surface area contributed by atoms with E-state index in [1.165, 1.54) is 19.8 Å². The highest BCUT2D eigenvalue weighted by molar-refractivity contribution is 5.98. The van der Waals surface area contributed by atoms with Crippen LogP contribution in [0.25, 0.3) is 0 Å². The molecule has 0 radical (unpaired) electrons. The van der Waals surface area contributed by atoms with Gasteiger partial charge in [0.2, 0.25) is 0 Å². The van der Waals surface area contributed by atoms with Crippen molar-refractivity contribution in [1.29, 1.82) is 0 Å². The van der Waals surface area contributed by atoms with Crippen LogP contribution in [0.4, 0.5) is 5.69 Å². The lowest BCUT2D eigenvalue weighted by molar-refractivity contribution is -0.123. The zero-order valence-corrected chi connectivity index (χ0v) is 18.0. The van der Waals surface area contributed by atoms with Gasteiger partial charge in [0.15, 0.2) is 6.10 Å². The average molecular weight is 414 g/mol. The van der Waals surface area contributed by atoms with Crippen LogP contribution in [0.5, 0.6) is 11.5 Å². The van der Waals surface area contributed by atoms with Crippen molar-refractivity contribution in [2.75, 3.05) is 18.5 Å². The van der Waals surface area contributed by atoms with Crippen LogP contribution in [0, 0.1) is 0 Å². The van der Waals surface area contributed by atoms with Crippen LogP contribution in [0.3, 0.4) is 0 Å². The van der Waals surface area contributed by atoms with E-state index in [2.05, 4.69) is 12.2 Å². The van der Waals surface area contributed by atoms with Crippen molar-refractivity contribution < 1.29 is 23.8 Å². The largest absolute Gasteiger partial charge is 0.494 e. The smallest absolute Gasteiger partial charge is 0.338 e. The van der Waals surface area contributed by atoms with Crippen molar-refractivity contribution in [3.8, 4) is 11.5 Å². The molecule has 6 nitrogen and oxygen atoms in total. The van der Waals surface area contributed by atoms with Gasteiger partial charge in [0.05, 0.1) is 24.5 Å². The van der Waals surface area contributed by atoms with Gasteiger partial charge < -0.3 is 19.5 Å². The molecule has 1 amide bonds. The Bertz CT molecular complexity index is 803. The standard InChI is InChI=1S/C24H31NO5/c1-4-6-7-10-17-29-20-15-13-19(14-16-20)24(27)30-18(3)23(26)25-21-11-8-9-12-22(21)28-5-2/h8-9,11-16,18H,4-7,10,17H2,1-3H3,(H,25,26)/t18-/m0/s1. The lowest BCUT2D eigenvalue weighted by Gasteiger charge is -2.15. The number of hydrogen-bond donors (Lipinski definition) is 1. The molecule has 2 rings (SSSR count). The fourth-order valence-electron chi connectivity index (χ4n) is 2.77. The molecule has 0 aliphatic heterocycles. The minimum atomic E-state index is -0.957. The highest BCUT2D eigenvalue weighted by Gasteiger charge is 2.20. The SMILES string of the molecule is CCCCCCOc1ccc(C(=O)O[C@@H](C)C(=O)Nc2ccccc2OCC)cc1. The molecule has 0 aromatic heterocycles. The van der Waals surface area contributed by atoms with E-state index in [9.17, 15) is 9.59 Å². The van der Waals surface area contributed by atoms with E-state index >= 15 is 0 Å². The number of amides is 1. The molecule has 30 heavy (non-hydrogen) atoms. The number of hydrogen-bond acceptors (Lipinski definition) is 5. The molecule has 0 aliphatic rings. The average Bonchev–Trinajstić information content (AvgIpc) is 2.75. The lowest BCUT2D eigenvalue weighted by atomic mass is 10.2. The molecule has 0 spiro atoms. The Balaban J connectivity index is 1.85. The van der Waals surface area contributed by atoms with Gasteiger partial charge in [-0.2, -0.15) is 0 Å². The van der Waals surface area contributed by atoms with Gasteiger partial charge in [0, 0.05) is 0 Å². The molecule has 1 N–H and O–H groups in total. The zero-order chi connectivity index (χ0) is 21.8. The number of esters is 1. The van der Waals surface area contributed by atoms with Crippen LogP contribution in [-0.4, -0.2) is 31.2 Å². The summed E-state index contributed by atoms with van der Waals surface area (Å²) >= 11 is 0. The maximum Gasteiger partial charge on any atom is 0.338 e. The predicted molar refractivity (Wildman–Crippen MR) is 117 cm³/mol. The van der Waals surface area contributed by atoms with Crippen LogP contribution < -0.4 is 14.8 Å². The van der Waals surface area contributed by atoms with Gasteiger partial charge in [-0.1, -0.05) is 38.3 Å². The number of carbonyl (C=O) groups excluding carboxylic acids is 2. The van der Waals surface area contributed by atoms with Gasteiger partial charge in [-0.15, -0.1) is 0 Å². The van der Waals surface area contributed by atoms with E-state index in [1.54, 1.807) is 42.5 Å². The van der Waals surface area contributed by atoms with Gasteiger partial charge in [-0.25, -0.2) is 4.79 Å². The first-order chi connectivity index (χ1) is 14.5. The molecule has 2 aromatic carbocycles. The molecular weight excluding hydrogens is 382 g/mol. The number of carbonyl (C=O) groups is 2. The maximum absolute atomic E-state index is 12.4. The number of unbranched alkanes of at least 4 members (excludes halogenated alkanes) is 3. The molecule has 0 bridgehead atoms. The monoisotopic (exact) mass is 413 g/mol.